The Balaban J connectivity index is 0. The molecule has 51 heteroatoms. The summed E-state index contributed by atoms with van der Waals surface area (Å²) in [6, 6.07) is 10.7. The van der Waals surface area contributed by atoms with Crippen LogP contribution in [0.2, 0.25) is 15.5 Å². The van der Waals surface area contributed by atoms with Gasteiger partial charge in [0.15, 0.2) is 60.4 Å². The van der Waals surface area contributed by atoms with Gasteiger partial charge >= 0.3 is 65.2 Å². The van der Waals surface area contributed by atoms with Crippen molar-refractivity contribution in [1.82, 2.24) is 59.8 Å². The van der Waals surface area contributed by atoms with Gasteiger partial charge in [-0.15, -0.1) is 80.4 Å². The van der Waals surface area contributed by atoms with Crippen LogP contribution >= 0.6 is 176 Å². The normalized spacial score (nSPS) is 10.6. The molecule has 24 nitrogen and oxygen atoms in total. The van der Waals surface area contributed by atoms with Crippen molar-refractivity contribution in [3.05, 3.63) is 155 Å². The third-order valence-corrected chi connectivity index (χ3v) is 15.3. The second-order valence-corrected chi connectivity index (χ2v) is 32.3. The summed E-state index contributed by atoms with van der Waals surface area (Å²) in [7, 11) is 8.93. The number of aromatic amines is 1. The molecule has 0 fully saturated rings. The van der Waals surface area contributed by atoms with Gasteiger partial charge in [0.05, 0.1) is 19.8 Å². The Labute approximate surface area is 659 Å². The number of carbonyl (C=O) groups excluding carboxylic acids is 1. The number of hydrogen-bond acceptors (Lipinski definition) is 27. The van der Waals surface area contributed by atoms with E-state index in [2.05, 4.69) is 115 Å². The average Bonchev–Trinajstić information content (AvgIpc) is 1.72. The number of carbonyl (C=O) groups is 2. The van der Waals surface area contributed by atoms with Crippen LogP contribution in [0.1, 0.15) is 80.1 Å². The quantitative estimate of drug-likeness (QED) is 0.0117. The predicted octanol–water partition coefficient (Wildman–Crippen LogP) is 15.9. The average molecular weight is 1770 g/mol. The number of hydrogen-bond donors (Lipinski definition) is 5. The molecule has 0 aliphatic carbocycles. The molecule has 0 bridgehead atoms. The first-order chi connectivity index (χ1) is 45.4. The molecule has 101 heavy (non-hydrogen) atoms. The van der Waals surface area contributed by atoms with E-state index in [1.54, 1.807) is 38.5 Å². The number of nitrogens with zero attached hydrogens (tertiary/aromatic N) is 11. The van der Waals surface area contributed by atoms with E-state index >= 15 is 0 Å². The fraction of sp³-hybridized carbons (Fsp3) is 0.220. The number of nitrogens with two attached hydrogens (primary N) is 1. The maximum atomic E-state index is 12.7. The molecule has 0 aliphatic heterocycles. The van der Waals surface area contributed by atoms with Crippen LogP contribution < -0.4 is 50.3 Å². The third kappa shape index (κ3) is 38.2. The van der Waals surface area contributed by atoms with E-state index in [0.717, 1.165) is 78.9 Å². The number of ether oxygens (including phenoxy) is 3. The topological polar surface area (TPSA) is 361 Å². The van der Waals surface area contributed by atoms with Crippen LogP contribution in [-0.4, -0.2) is 106 Å². The first-order valence-electron chi connectivity index (χ1n) is 24.8. The number of thiazole rings is 6. The predicted molar refractivity (Wildman–Crippen MR) is 376 cm³/mol. The number of aryl methyl sites for hydroxylation is 3. The van der Waals surface area contributed by atoms with E-state index in [-0.39, 0.29) is 128 Å². The number of aromatic nitrogens is 12. The van der Waals surface area contributed by atoms with Crippen LogP contribution in [0, 0.1) is 26.2 Å². The summed E-state index contributed by atoms with van der Waals surface area (Å²) < 4.78 is 146. The van der Waals surface area contributed by atoms with Crippen LogP contribution in [-0.2, 0) is 43.7 Å². The summed E-state index contributed by atoms with van der Waals surface area (Å²) in [6.45, 7) is 7.86. The number of amidine groups is 1. The van der Waals surface area contributed by atoms with E-state index < -0.39 is 67.4 Å². The second kappa shape index (κ2) is 45.5. The second-order valence-electron chi connectivity index (χ2n) is 16.8. The van der Waals surface area contributed by atoms with Gasteiger partial charge in [-0.1, -0.05) is 54.4 Å². The standard InChI is InChI=1S/C16H11ClF3N3O2S.C8H2Cl2F3N3S.C8H4F3N3O2S.C7H9NO2S.C5H7N3S.C5H5NO2S.CH4.Cl3OP.Cl2OS.ClH.Na.H/c1-24-10-4-2-9(3-5-10)7-25-13-6-12(17)22-14(23-13)15-21-11(8-26-15)16(18,19)20;9-4-1-5(10)16-6(15-4)7-14-3(2-17-7)8(11,12)13;9-8(10,11)3-2-17-7(12-3)6-13-4(15)1-5(16)14-6;1-3-10-7(9)6-8-5(2)4-11-6;1-3-2-9-5(8-3)4(6)7;1-3-2-9-4(6-3)5(7)8;;1-5(2,3)4;1-4(2)3;;;/h2-6,8H,7H2,1H3;1-2H;1-2H,(H2,13,14,15,16);4H,3H2,1-2H3;2H,1H3,(H3,6,7);2H,1H3,(H,7,8);1H4;;;1H;;/q;;;;;;;;;;+1;-1. The number of alkyl halides is 9. The SMILES string of the molecule is C.CCOC(=O)c1nc(C)cs1.COc1ccc(COc2cc(Cl)nc(-c3nc(C(F)(F)F)cs3)n2)cc1.Cc1csc(C(=N)N)n1.Cc1csc(C(=O)O)n1.Cl.FC(F)(F)c1csc(-c2nc(Cl)cc(Cl)n2)n1.O=P(Cl)(Cl)Cl.O=S(Cl)Cl.O=c1cc(O)nc(-c2nc(C(F)(F)F)cs2)[nH]1.[H-].[Na+]. The van der Waals surface area contributed by atoms with Gasteiger partial charge < -0.3 is 36.6 Å². The number of nitrogens with one attached hydrogen (secondary N) is 2. The van der Waals surface area contributed by atoms with Crippen LogP contribution in [0.5, 0.6) is 17.5 Å². The summed E-state index contributed by atoms with van der Waals surface area (Å²) in [4.78, 5) is 75.2. The number of halogens is 18. The number of esters is 1. The van der Waals surface area contributed by atoms with Gasteiger partial charge in [0, 0.05) is 82.9 Å². The Morgan fingerprint density at radius 3 is 1.38 bits per heavy atom. The van der Waals surface area contributed by atoms with Crippen LogP contribution in [0.15, 0.2) is 79.5 Å². The van der Waals surface area contributed by atoms with E-state index in [1.807, 2.05) is 36.7 Å². The largest absolute Gasteiger partial charge is 1.00 e. The van der Waals surface area contributed by atoms with Crippen LogP contribution in [0.3, 0.4) is 0 Å². The number of nitrogen functional groups attached to an aromatic ring is 1. The molecule has 10 aromatic rings. The van der Waals surface area contributed by atoms with Crippen molar-refractivity contribution in [1.29, 1.82) is 5.41 Å². The number of aromatic hydroxyl groups is 1. The molecule has 0 radical (unpaired) electrons. The van der Waals surface area contributed by atoms with E-state index in [0.29, 0.717) is 33.7 Å². The Morgan fingerprint density at radius 2 is 1.04 bits per heavy atom. The Hall–Kier alpha value is -4.79. The Morgan fingerprint density at radius 1 is 0.653 bits per heavy atom. The number of benzene rings is 1. The minimum absolute atomic E-state index is 0. The molecular weight excluding hydrogens is 1730 g/mol. The molecule has 0 atom stereocenters. The smallest absolute Gasteiger partial charge is 1.00 e. The molecular formula is C50H44Cl9F9N14NaO10PS7. The Kier molecular flexibility index (Phi) is 43.4. The molecule has 0 spiro atoms. The number of carboxylic acid groups (broad SMARTS) is 1. The van der Waals surface area contributed by atoms with Gasteiger partial charge in [-0.25, -0.2) is 58.7 Å². The van der Waals surface area contributed by atoms with Crippen molar-refractivity contribution in [2.75, 3.05) is 13.7 Å². The molecule has 548 valence electrons. The van der Waals surface area contributed by atoms with Crippen molar-refractivity contribution in [2.24, 2.45) is 5.73 Å². The number of H-pyrrole nitrogens is 1. The van der Waals surface area contributed by atoms with E-state index in [9.17, 15) is 58.5 Å². The van der Waals surface area contributed by atoms with Crippen molar-refractivity contribution >= 4 is 203 Å². The van der Waals surface area contributed by atoms with Crippen molar-refractivity contribution < 1.29 is 113 Å². The molecule has 9 heterocycles. The zero-order valence-corrected chi connectivity index (χ0v) is 65.7. The summed E-state index contributed by atoms with van der Waals surface area (Å²) in [5.41, 5.74) is 4.83. The first-order valence-corrected chi connectivity index (χ1v) is 38.4. The van der Waals surface area contributed by atoms with Gasteiger partial charge in [-0.2, -0.15) is 49.5 Å². The van der Waals surface area contributed by atoms with Gasteiger partial charge in [0.2, 0.25) is 31.0 Å². The van der Waals surface area contributed by atoms with Crippen molar-refractivity contribution in [3.63, 3.8) is 0 Å². The molecule has 9 aromatic heterocycles. The summed E-state index contributed by atoms with van der Waals surface area (Å²) in [5.74, 6) is -1.20. The third-order valence-electron chi connectivity index (χ3n) is 9.30. The van der Waals surface area contributed by atoms with E-state index in [4.69, 9.17) is 74.6 Å². The fourth-order valence-corrected chi connectivity index (χ4v) is 10.4. The monoisotopic (exact) mass is 1760 g/mol. The van der Waals surface area contributed by atoms with Gasteiger partial charge in [-0.05, 0) is 79.1 Å². The van der Waals surface area contributed by atoms with Crippen molar-refractivity contribution in [2.45, 2.75) is 60.3 Å². The molecule has 6 N–H and O–H groups in total. The van der Waals surface area contributed by atoms with Gasteiger partial charge in [0.1, 0.15) is 27.8 Å². The molecule has 10 rings (SSSR count). The Bertz CT molecular complexity index is 4310. The zero-order valence-electron chi connectivity index (χ0n) is 51.2. The number of methoxy groups -OCH3 is 1. The van der Waals surface area contributed by atoms with Crippen LogP contribution in [0.4, 0.5) is 39.5 Å². The minimum atomic E-state index is -4.55. The molecule has 0 amide bonds. The number of rotatable bonds is 11. The van der Waals surface area contributed by atoms with E-state index in [1.165, 1.54) is 34.8 Å². The molecule has 0 saturated carbocycles. The fourth-order valence-electron chi connectivity index (χ4n) is 5.57. The zero-order chi connectivity index (χ0) is 74.0. The van der Waals surface area contributed by atoms with Gasteiger partial charge in [-0.3, -0.25) is 14.8 Å². The minimum Gasteiger partial charge on any atom is -1.00 e. The molecule has 1 aromatic carbocycles. The maximum Gasteiger partial charge on any atom is 1.00 e. The molecule has 0 aliphatic rings. The maximum absolute atomic E-state index is 12.7. The molecule has 0 saturated heterocycles. The number of carboxylic acids is 1. The summed E-state index contributed by atoms with van der Waals surface area (Å²) in [6.07, 6.45) is -13.6. The number of aromatic carboxylic acids is 1. The van der Waals surface area contributed by atoms with Crippen molar-refractivity contribution in [3.8, 4) is 50.0 Å². The molecule has 0 unspecified atom stereocenters. The van der Waals surface area contributed by atoms with Gasteiger partial charge in [0.25, 0.3) is 5.56 Å². The first kappa shape index (κ1) is 96.2. The summed E-state index contributed by atoms with van der Waals surface area (Å²) in [5, 5.41) is 30.4. The summed E-state index contributed by atoms with van der Waals surface area (Å²) >= 11 is 37.1. The van der Waals surface area contributed by atoms with Crippen LogP contribution in [0.25, 0.3) is 32.5 Å².